The molecule has 30 heavy (non-hydrogen) atoms. The van der Waals surface area contributed by atoms with Crippen molar-refractivity contribution in [3.05, 3.63) is 82.7 Å². The van der Waals surface area contributed by atoms with E-state index in [-0.39, 0.29) is 11.2 Å². The minimum atomic E-state index is -5.03. The van der Waals surface area contributed by atoms with E-state index in [1.165, 1.54) is 0 Å². The molecule has 1 heterocycles. The lowest BCUT2D eigenvalue weighted by Crippen LogP contribution is -2.26. The summed E-state index contributed by atoms with van der Waals surface area (Å²) in [5, 5.41) is 5.91. The fourth-order valence-electron chi connectivity index (χ4n) is 2.78. The normalized spacial score (nSPS) is 12.1. The van der Waals surface area contributed by atoms with Crippen LogP contribution in [0.15, 0.2) is 54.7 Å². The van der Waals surface area contributed by atoms with Gasteiger partial charge in [-0.05, 0) is 30.7 Å². The van der Waals surface area contributed by atoms with Gasteiger partial charge in [0.25, 0.3) is 5.91 Å². The monoisotopic (exact) mass is 427 g/mol. The van der Waals surface area contributed by atoms with E-state index < -0.39 is 40.8 Å². The first-order valence-corrected chi connectivity index (χ1v) is 8.63. The third kappa shape index (κ3) is 4.64. The van der Waals surface area contributed by atoms with Crippen molar-refractivity contribution in [3.8, 4) is 5.69 Å². The highest BCUT2D eigenvalue weighted by Crippen LogP contribution is 2.35. The smallest absolute Gasteiger partial charge is 0.348 e. The Morgan fingerprint density at radius 3 is 2.27 bits per heavy atom. The first-order valence-electron chi connectivity index (χ1n) is 8.63. The van der Waals surface area contributed by atoms with Crippen molar-refractivity contribution in [2.45, 2.75) is 25.8 Å². The molecule has 0 saturated carbocycles. The largest absolute Gasteiger partial charge is 0.434 e. The van der Waals surface area contributed by atoms with Crippen LogP contribution >= 0.6 is 0 Å². The first kappa shape index (κ1) is 21.4. The standard InChI is InChI=1S/C20H15F6N3O/c1-12-5-7-13(8-6-12)10-27-18(30)16-11-28-29(17(16)20(24,25)26)15-4-2-3-14(9-15)19(21,22)23/h2-9,11H,10H2,1H3,(H,27,30). The van der Waals surface area contributed by atoms with E-state index in [4.69, 9.17) is 0 Å². The maximum Gasteiger partial charge on any atom is 0.434 e. The van der Waals surface area contributed by atoms with Gasteiger partial charge in [-0.15, -0.1) is 0 Å². The number of rotatable bonds is 4. The summed E-state index contributed by atoms with van der Waals surface area (Å²) in [4.78, 5) is 12.4. The van der Waals surface area contributed by atoms with Crippen LogP contribution in [-0.4, -0.2) is 15.7 Å². The van der Waals surface area contributed by atoms with Crippen LogP contribution in [0.25, 0.3) is 5.69 Å². The topological polar surface area (TPSA) is 46.9 Å². The fraction of sp³-hybridized carbons (Fsp3) is 0.200. The minimum absolute atomic E-state index is 0.0227. The molecule has 1 amide bonds. The Hall–Kier alpha value is -3.30. The van der Waals surface area contributed by atoms with Crippen molar-refractivity contribution in [2.24, 2.45) is 0 Å². The third-order valence-corrected chi connectivity index (χ3v) is 4.27. The lowest BCUT2D eigenvalue weighted by atomic mass is 10.1. The number of amides is 1. The number of aromatic nitrogens is 2. The van der Waals surface area contributed by atoms with Crippen LogP contribution in [-0.2, 0) is 18.9 Å². The molecule has 0 atom stereocenters. The molecular weight excluding hydrogens is 412 g/mol. The molecule has 0 radical (unpaired) electrons. The number of alkyl halides is 6. The van der Waals surface area contributed by atoms with E-state index in [2.05, 4.69) is 10.4 Å². The molecule has 3 rings (SSSR count). The number of hydrogen-bond donors (Lipinski definition) is 1. The predicted molar refractivity (Wildman–Crippen MR) is 95.9 cm³/mol. The van der Waals surface area contributed by atoms with E-state index in [1.807, 2.05) is 6.92 Å². The van der Waals surface area contributed by atoms with Crippen molar-refractivity contribution in [3.63, 3.8) is 0 Å². The minimum Gasteiger partial charge on any atom is -0.348 e. The van der Waals surface area contributed by atoms with Crippen LogP contribution in [0.4, 0.5) is 26.3 Å². The predicted octanol–water partition coefficient (Wildman–Crippen LogP) is 5.15. The molecule has 0 aliphatic carbocycles. The summed E-state index contributed by atoms with van der Waals surface area (Å²) in [5.41, 5.74) is -2.18. The molecule has 2 aromatic carbocycles. The lowest BCUT2D eigenvalue weighted by Gasteiger charge is -2.14. The quantitative estimate of drug-likeness (QED) is 0.586. The Balaban J connectivity index is 1.94. The Labute approximate surface area is 167 Å². The lowest BCUT2D eigenvalue weighted by molar-refractivity contribution is -0.143. The SMILES string of the molecule is Cc1ccc(CNC(=O)c2cnn(-c3cccc(C(F)(F)F)c3)c2C(F)(F)F)cc1. The molecule has 158 valence electrons. The summed E-state index contributed by atoms with van der Waals surface area (Å²) >= 11 is 0. The van der Waals surface area contributed by atoms with Gasteiger partial charge in [0.1, 0.15) is 0 Å². The highest BCUT2D eigenvalue weighted by molar-refractivity contribution is 5.95. The van der Waals surface area contributed by atoms with Gasteiger partial charge in [0.05, 0.1) is 23.0 Å². The summed E-state index contributed by atoms with van der Waals surface area (Å²) < 4.78 is 80.1. The number of nitrogens with zero attached hydrogens (tertiary/aromatic N) is 2. The van der Waals surface area contributed by atoms with Gasteiger partial charge in [-0.1, -0.05) is 35.9 Å². The Morgan fingerprint density at radius 1 is 1.00 bits per heavy atom. The molecule has 3 aromatic rings. The molecule has 0 fully saturated rings. The van der Waals surface area contributed by atoms with Crippen LogP contribution < -0.4 is 5.32 Å². The van der Waals surface area contributed by atoms with Gasteiger partial charge in [0.15, 0.2) is 5.69 Å². The van der Waals surface area contributed by atoms with Crippen LogP contribution in [0.1, 0.15) is 32.7 Å². The summed E-state index contributed by atoms with van der Waals surface area (Å²) in [6.07, 6.45) is -9.08. The average molecular weight is 427 g/mol. The second-order valence-electron chi connectivity index (χ2n) is 6.53. The first-order chi connectivity index (χ1) is 14.0. The molecule has 0 spiro atoms. The summed E-state index contributed by atoms with van der Waals surface area (Å²) in [5.74, 6) is -1.04. The second kappa shape index (κ2) is 7.85. The second-order valence-corrected chi connectivity index (χ2v) is 6.53. The maximum absolute atomic E-state index is 13.7. The maximum atomic E-state index is 13.7. The Kier molecular flexibility index (Phi) is 5.60. The van der Waals surface area contributed by atoms with Crippen molar-refractivity contribution in [1.29, 1.82) is 0 Å². The van der Waals surface area contributed by atoms with Gasteiger partial charge in [-0.2, -0.15) is 31.4 Å². The number of halogens is 6. The zero-order valence-corrected chi connectivity index (χ0v) is 15.5. The molecule has 1 aromatic heterocycles. The summed E-state index contributed by atoms with van der Waals surface area (Å²) in [7, 11) is 0. The van der Waals surface area contributed by atoms with Gasteiger partial charge in [-0.3, -0.25) is 4.79 Å². The number of benzene rings is 2. The fourth-order valence-corrected chi connectivity index (χ4v) is 2.78. The Bertz CT molecular complexity index is 1050. The molecule has 0 saturated heterocycles. The van der Waals surface area contributed by atoms with Crippen LogP contribution in [0, 0.1) is 6.92 Å². The van der Waals surface area contributed by atoms with Gasteiger partial charge in [0, 0.05) is 6.54 Å². The third-order valence-electron chi connectivity index (χ3n) is 4.27. The molecule has 1 N–H and O–H groups in total. The summed E-state index contributed by atoms with van der Waals surface area (Å²) in [6, 6.07) is 10.3. The number of aryl methyl sites for hydroxylation is 1. The highest BCUT2D eigenvalue weighted by atomic mass is 19.4. The molecule has 0 unspecified atom stereocenters. The number of hydrogen-bond acceptors (Lipinski definition) is 2. The molecule has 0 aliphatic heterocycles. The molecular formula is C20H15F6N3O. The highest BCUT2D eigenvalue weighted by Gasteiger charge is 2.41. The zero-order chi connectivity index (χ0) is 22.1. The number of carbonyl (C=O) groups is 1. The van der Waals surface area contributed by atoms with Crippen molar-refractivity contribution < 1.29 is 31.1 Å². The number of carbonyl (C=O) groups excluding carboxylic acids is 1. The zero-order valence-electron chi connectivity index (χ0n) is 15.5. The van der Waals surface area contributed by atoms with Crippen LogP contribution in [0.2, 0.25) is 0 Å². The number of nitrogens with one attached hydrogen (secondary N) is 1. The van der Waals surface area contributed by atoms with E-state index in [0.29, 0.717) is 17.8 Å². The van der Waals surface area contributed by atoms with E-state index in [1.54, 1.807) is 24.3 Å². The van der Waals surface area contributed by atoms with Gasteiger partial charge in [-0.25, -0.2) is 4.68 Å². The van der Waals surface area contributed by atoms with Crippen LogP contribution in [0.3, 0.4) is 0 Å². The van der Waals surface area contributed by atoms with Gasteiger partial charge in [0.2, 0.25) is 0 Å². The van der Waals surface area contributed by atoms with Gasteiger partial charge >= 0.3 is 12.4 Å². The van der Waals surface area contributed by atoms with Gasteiger partial charge < -0.3 is 5.32 Å². The molecule has 0 bridgehead atoms. The Morgan fingerprint density at radius 2 is 1.67 bits per heavy atom. The van der Waals surface area contributed by atoms with Crippen molar-refractivity contribution in [2.75, 3.05) is 0 Å². The molecule has 0 aliphatic rings. The summed E-state index contributed by atoms with van der Waals surface area (Å²) in [6.45, 7) is 1.84. The van der Waals surface area contributed by atoms with Crippen molar-refractivity contribution in [1.82, 2.24) is 15.1 Å². The van der Waals surface area contributed by atoms with E-state index in [9.17, 15) is 31.1 Å². The molecule has 10 heteroatoms. The van der Waals surface area contributed by atoms with Crippen LogP contribution in [0.5, 0.6) is 0 Å². The average Bonchev–Trinajstić information content (AvgIpc) is 3.12. The van der Waals surface area contributed by atoms with Crippen molar-refractivity contribution >= 4 is 5.91 Å². The van der Waals surface area contributed by atoms with E-state index in [0.717, 1.165) is 23.8 Å². The van der Waals surface area contributed by atoms with E-state index >= 15 is 0 Å². The molecule has 4 nitrogen and oxygen atoms in total.